The summed E-state index contributed by atoms with van der Waals surface area (Å²) in [5.74, 6) is -0.656. The highest BCUT2D eigenvalue weighted by molar-refractivity contribution is 9.10. The second-order valence-electron chi connectivity index (χ2n) is 5.31. The van der Waals surface area contributed by atoms with Crippen LogP contribution in [0.2, 0.25) is 0 Å². The summed E-state index contributed by atoms with van der Waals surface area (Å²) in [5.41, 5.74) is -0.0345. The number of rotatable bonds is 4. The summed E-state index contributed by atoms with van der Waals surface area (Å²) in [4.78, 5) is 24.2. The molecule has 2 aromatic carbocycles. The van der Waals surface area contributed by atoms with Gasteiger partial charge in [0.25, 0.3) is 5.91 Å². The van der Waals surface area contributed by atoms with Crippen molar-refractivity contribution in [3.8, 4) is 0 Å². The number of anilines is 1. The Bertz CT molecular complexity index is 801. The van der Waals surface area contributed by atoms with Gasteiger partial charge in [-0.05, 0) is 18.2 Å². The first-order valence-electron chi connectivity index (χ1n) is 7.11. The number of ketones is 1. The minimum absolute atomic E-state index is 0.0209. The van der Waals surface area contributed by atoms with Gasteiger partial charge >= 0.3 is 0 Å². The van der Waals surface area contributed by atoms with Crippen LogP contribution in [-0.2, 0) is 10.4 Å². The van der Waals surface area contributed by atoms with Crippen LogP contribution in [0.25, 0.3) is 0 Å². The van der Waals surface area contributed by atoms with Gasteiger partial charge in [-0.3, -0.25) is 9.59 Å². The number of nitrogens with one attached hydrogen (secondary N) is 1. The maximum Gasteiger partial charge on any atom is 0.261 e. The Kier molecular flexibility index (Phi) is 4.15. The molecule has 0 aromatic heterocycles. The number of aliphatic hydroxyl groups is 1. The van der Waals surface area contributed by atoms with Crippen LogP contribution < -0.4 is 5.32 Å². The molecule has 2 aromatic rings. The van der Waals surface area contributed by atoms with Crippen LogP contribution in [-0.4, -0.2) is 16.8 Å². The van der Waals surface area contributed by atoms with Gasteiger partial charge in [0, 0.05) is 27.7 Å². The van der Waals surface area contributed by atoms with Gasteiger partial charge in [-0.1, -0.05) is 58.4 Å². The average Bonchev–Trinajstić information content (AvgIpc) is 2.80. The summed E-state index contributed by atoms with van der Waals surface area (Å²) in [5, 5.41) is 13.4. The number of carbonyl (C=O) groups is 2. The van der Waals surface area contributed by atoms with E-state index in [-0.39, 0.29) is 12.2 Å². The number of fused-ring (bicyclic) bond motifs is 1. The third-order valence-corrected chi connectivity index (χ3v) is 4.45. The number of amides is 1. The topological polar surface area (TPSA) is 66.4 Å². The van der Waals surface area contributed by atoms with Gasteiger partial charge in [0.1, 0.15) is 0 Å². The van der Waals surface area contributed by atoms with Crippen molar-refractivity contribution in [1.29, 1.82) is 0 Å². The SMILES string of the molecule is O=C(/C=C/C[C@]1(O)C(=O)Nc2cccc(Br)c21)c1ccccc1. The first-order valence-corrected chi connectivity index (χ1v) is 7.90. The standard InChI is InChI=1S/C18H14BrNO3/c19-13-8-4-9-14-16(13)18(23,17(22)20-14)11-5-10-15(21)12-6-2-1-3-7-12/h1-10,23H,11H2,(H,20,22)/b10-5+/t18-/m1/s1. The Hall–Kier alpha value is -2.24. The normalized spacial score (nSPS) is 19.7. The molecule has 0 saturated carbocycles. The van der Waals surface area contributed by atoms with Crippen LogP contribution in [0.3, 0.4) is 0 Å². The highest BCUT2D eigenvalue weighted by atomic mass is 79.9. The zero-order valence-corrected chi connectivity index (χ0v) is 13.7. The molecule has 0 spiro atoms. The average molecular weight is 372 g/mol. The van der Waals surface area contributed by atoms with Crippen LogP contribution in [0.15, 0.2) is 65.2 Å². The first-order chi connectivity index (χ1) is 11.0. The molecule has 0 unspecified atom stereocenters. The van der Waals surface area contributed by atoms with Crippen molar-refractivity contribution in [2.45, 2.75) is 12.0 Å². The predicted octanol–water partition coefficient (Wildman–Crippen LogP) is 3.42. The molecule has 116 valence electrons. The number of benzene rings is 2. The molecule has 1 aliphatic rings. The van der Waals surface area contributed by atoms with Gasteiger partial charge < -0.3 is 10.4 Å². The van der Waals surface area contributed by atoms with E-state index in [0.717, 1.165) is 0 Å². The Labute approximate surface area is 142 Å². The van der Waals surface area contributed by atoms with Gasteiger partial charge in [0.05, 0.1) is 0 Å². The van der Waals surface area contributed by atoms with Gasteiger partial charge in [0.2, 0.25) is 0 Å². The van der Waals surface area contributed by atoms with Gasteiger partial charge in [0.15, 0.2) is 11.4 Å². The molecule has 1 heterocycles. The number of carbonyl (C=O) groups excluding carboxylic acids is 2. The van der Waals surface area contributed by atoms with E-state index in [0.29, 0.717) is 21.3 Å². The van der Waals surface area contributed by atoms with E-state index in [4.69, 9.17) is 0 Å². The first kappa shape index (κ1) is 15.6. The lowest BCUT2D eigenvalue weighted by molar-refractivity contribution is -0.133. The van der Waals surface area contributed by atoms with Crippen molar-refractivity contribution in [1.82, 2.24) is 0 Å². The molecule has 0 fully saturated rings. The van der Waals surface area contributed by atoms with E-state index in [9.17, 15) is 14.7 Å². The largest absolute Gasteiger partial charge is 0.375 e. The minimum atomic E-state index is -1.68. The Balaban J connectivity index is 1.82. The summed E-state index contributed by atoms with van der Waals surface area (Å²) in [6, 6.07) is 14.1. The maximum absolute atomic E-state index is 12.2. The molecule has 4 nitrogen and oxygen atoms in total. The van der Waals surface area contributed by atoms with Crippen LogP contribution >= 0.6 is 15.9 Å². The molecule has 1 aliphatic heterocycles. The summed E-state index contributed by atoms with van der Waals surface area (Å²) in [7, 11) is 0. The zero-order chi connectivity index (χ0) is 16.4. The third kappa shape index (κ3) is 2.85. The second kappa shape index (κ2) is 6.10. The highest BCUT2D eigenvalue weighted by Crippen LogP contribution is 2.42. The van der Waals surface area contributed by atoms with E-state index < -0.39 is 11.5 Å². The molecule has 5 heteroatoms. The maximum atomic E-state index is 12.2. The van der Waals surface area contributed by atoms with Gasteiger partial charge in [-0.15, -0.1) is 0 Å². The van der Waals surface area contributed by atoms with E-state index >= 15 is 0 Å². The smallest absolute Gasteiger partial charge is 0.261 e. The third-order valence-electron chi connectivity index (χ3n) is 3.79. The Morgan fingerprint density at radius 2 is 1.91 bits per heavy atom. The number of halogens is 1. The van der Waals surface area contributed by atoms with Crippen molar-refractivity contribution >= 4 is 33.3 Å². The summed E-state index contributed by atoms with van der Waals surface area (Å²) < 4.78 is 0.652. The van der Waals surface area contributed by atoms with Crippen molar-refractivity contribution in [3.05, 3.63) is 76.3 Å². The molecule has 2 N–H and O–H groups in total. The lowest BCUT2D eigenvalue weighted by Crippen LogP contribution is -2.33. The summed E-state index contributed by atoms with van der Waals surface area (Å²) in [6.45, 7) is 0. The van der Waals surface area contributed by atoms with E-state index in [1.54, 1.807) is 42.5 Å². The monoisotopic (exact) mass is 371 g/mol. The molecule has 0 bridgehead atoms. The predicted molar refractivity (Wildman–Crippen MR) is 91.2 cm³/mol. The molecule has 23 heavy (non-hydrogen) atoms. The van der Waals surface area contributed by atoms with E-state index in [1.165, 1.54) is 12.2 Å². The van der Waals surface area contributed by atoms with Crippen molar-refractivity contribution in [2.75, 3.05) is 5.32 Å². The highest BCUT2D eigenvalue weighted by Gasteiger charge is 2.45. The lowest BCUT2D eigenvalue weighted by atomic mass is 9.91. The second-order valence-corrected chi connectivity index (χ2v) is 6.17. The minimum Gasteiger partial charge on any atom is -0.375 e. The fraction of sp³-hybridized carbons (Fsp3) is 0.111. The van der Waals surface area contributed by atoms with Crippen LogP contribution in [0.1, 0.15) is 22.3 Å². The molecular formula is C18H14BrNO3. The molecule has 0 saturated heterocycles. The van der Waals surface area contributed by atoms with Gasteiger partial charge in [-0.2, -0.15) is 0 Å². The molecule has 0 aliphatic carbocycles. The van der Waals surface area contributed by atoms with Crippen LogP contribution in [0, 0.1) is 0 Å². The van der Waals surface area contributed by atoms with E-state index in [2.05, 4.69) is 21.2 Å². The number of hydrogen-bond donors (Lipinski definition) is 2. The fourth-order valence-corrected chi connectivity index (χ4v) is 3.31. The molecule has 1 atom stereocenters. The number of allylic oxidation sites excluding steroid dienone is 1. The molecule has 0 radical (unpaired) electrons. The number of hydrogen-bond acceptors (Lipinski definition) is 3. The van der Waals surface area contributed by atoms with Crippen molar-refractivity contribution in [2.24, 2.45) is 0 Å². The van der Waals surface area contributed by atoms with Crippen molar-refractivity contribution < 1.29 is 14.7 Å². The molecule has 1 amide bonds. The van der Waals surface area contributed by atoms with E-state index in [1.807, 2.05) is 6.07 Å². The summed E-state index contributed by atoms with van der Waals surface area (Å²) in [6.07, 6.45) is 2.94. The Morgan fingerprint density at radius 3 is 2.65 bits per heavy atom. The van der Waals surface area contributed by atoms with Crippen LogP contribution in [0.5, 0.6) is 0 Å². The molecule has 3 rings (SSSR count). The van der Waals surface area contributed by atoms with Crippen molar-refractivity contribution in [3.63, 3.8) is 0 Å². The molecular weight excluding hydrogens is 358 g/mol. The zero-order valence-electron chi connectivity index (χ0n) is 12.1. The Morgan fingerprint density at radius 1 is 1.17 bits per heavy atom. The summed E-state index contributed by atoms with van der Waals surface area (Å²) >= 11 is 3.36. The lowest BCUT2D eigenvalue weighted by Gasteiger charge is -2.19. The quantitative estimate of drug-likeness (QED) is 0.639. The van der Waals surface area contributed by atoms with Gasteiger partial charge in [-0.25, -0.2) is 0 Å². The van der Waals surface area contributed by atoms with Crippen LogP contribution in [0.4, 0.5) is 5.69 Å². The fourth-order valence-electron chi connectivity index (χ4n) is 2.62.